The topological polar surface area (TPSA) is 47.6 Å². The maximum Gasteiger partial charge on any atom is 0.404 e. The van der Waals surface area contributed by atoms with Crippen molar-refractivity contribution in [2.24, 2.45) is 0 Å². The van der Waals surface area contributed by atoms with Crippen LogP contribution in [0.1, 0.15) is 13.3 Å². The Morgan fingerprint density at radius 1 is 1.26 bits per heavy atom. The van der Waals surface area contributed by atoms with Crippen molar-refractivity contribution in [1.29, 1.82) is 0 Å². The standard InChI is InChI=1S/C11H19F3N4O/c1-2-17-3-5-18(6-4-17)10-15-8(11(12,13)14)7-9(19)16-10/h8,10,15H,2-7H2,1H3,(H,16,19). The second-order valence-electron chi connectivity index (χ2n) is 4.91. The smallest absolute Gasteiger partial charge is 0.328 e. The molecule has 2 unspecified atom stereocenters. The summed E-state index contributed by atoms with van der Waals surface area (Å²) in [5.74, 6) is -0.552. The van der Waals surface area contributed by atoms with Gasteiger partial charge in [-0.15, -0.1) is 0 Å². The summed E-state index contributed by atoms with van der Waals surface area (Å²) in [6.07, 6.45) is -5.65. The lowest BCUT2D eigenvalue weighted by Crippen LogP contribution is -2.68. The number of hydrogen-bond acceptors (Lipinski definition) is 4. The Labute approximate surface area is 110 Å². The van der Waals surface area contributed by atoms with Gasteiger partial charge >= 0.3 is 6.18 Å². The molecule has 2 aliphatic heterocycles. The molecule has 0 aromatic heterocycles. The summed E-state index contributed by atoms with van der Waals surface area (Å²) < 4.78 is 38.1. The molecule has 2 rings (SSSR count). The minimum atomic E-state index is -4.39. The molecule has 110 valence electrons. The molecule has 5 nitrogen and oxygen atoms in total. The molecule has 2 aliphatic rings. The van der Waals surface area contributed by atoms with E-state index < -0.39 is 30.8 Å². The first kappa shape index (κ1) is 14.5. The first-order valence-electron chi connectivity index (χ1n) is 6.48. The van der Waals surface area contributed by atoms with Gasteiger partial charge in [0.15, 0.2) is 0 Å². The second-order valence-corrected chi connectivity index (χ2v) is 4.91. The summed E-state index contributed by atoms with van der Waals surface area (Å²) >= 11 is 0. The van der Waals surface area contributed by atoms with Gasteiger partial charge in [0.1, 0.15) is 12.3 Å². The number of rotatable bonds is 2. The normalized spacial score (nSPS) is 31.3. The highest BCUT2D eigenvalue weighted by Gasteiger charge is 2.45. The van der Waals surface area contributed by atoms with Crippen LogP contribution in [-0.4, -0.2) is 66.9 Å². The molecule has 8 heteroatoms. The highest BCUT2D eigenvalue weighted by atomic mass is 19.4. The van der Waals surface area contributed by atoms with Gasteiger partial charge in [0.05, 0.1) is 6.42 Å². The lowest BCUT2D eigenvalue weighted by Gasteiger charge is -2.43. The molecule has 2 N–H and O–H groups in total. The third kappa shape index (κ3) is 3.58. The number of alkyl halides is 3. The summed E-state index contributed by atoms with van der Waals surface area (Å²) in [5.41, 5.74) is 0. The van der Waals surface area contributed by atoms with Crippen molar-refractivity contribution in [1.82, 2.24) is 20.4 Å². The zero-order chi connectivity index (χ0) is 14.0. The molecule has 0 aliphatic carbocycles. The molecule has 2 heterocycles. The lowest BCUT2D eigenvalue weighted by atomic mass is 10.1. The van der Waals surface area contributed by atoms with E-state index in [1.54, 1.807) is 0 Å². The third-order valence-corrected chi connectivity index (χ3v) is 3.66. The van der Waals surface area contributed by atoms with Crippen LogP contribution in [0.3, 0.4) is 0 Å². The molecule has 0 spiro atoms. The molecular weight excluding hydrogens is 261 g/mol. The van der Waals surface area contributed by atoms with Crippen molar-refractivity contribution in [3.05, 3.63) is 0 Å². The number of carbonyl (C=O) groups excluding carboxylic acids is 1. The number of halogens is 3. The van der Waals surface area contributed by atoms with Crippen LogP contribution in [0.15, 0.2) is 0 Å². The number of amides is 1. The van der Waals surface area contributed by atoms with Gasteiger partial charge in [-0.05, 0) is 6.54 Å². The van der Waals surface area contributed by atoms with Crippen LogP contribution in [0.5, 0.6) is 0 Å². The molecular formula is C11H19F3N4O. The van der Waals surface area contributed by atoms with Crippen molar-refractivity contribution >= 4 is 5.91 Å². The summed E-state index contributed by atoms with van der Waals surface area (Å²) in [6, 6.07) is -1.75. The monoisotopic (exact) mass is 280 g/mol. The van der Waals surface area contributed by atoms with Crippen LogP contribution in [0.4, 0.5) is 13.2 Å². The Morgan fingerprint density at radius 2 is 1.89 bits per heavy atom. The minimum Gasteiger partial charge on any atom is -0.328 e. The van der Waals surface area contributed by atoms with Crippen molar-refractivity contribution in [2.45, 2.75) is 31.9 Å². The number of likely N-dealkylation sites (N-methyl/N-ethyl adjacent to an activating group) is 1. The van der Waals surface area contributed by atoms with Crippen LogP contribution in [0, 0.1) is 0 Å². The number of nitrogens with zero attached hydrogens (tertiary/aromatic N) is 2. The van der Waals surface area contributed by atoms with E-state index in [1.165, 1.54) is 0 Å². The van der Waals surface area contributed by atoms with Crippen LogP contribution in [0.2, 0.25) is 0 Å². The number of piperazine rings is 1. The van der Waals surface area contributed by atoms with E-state index in [-0.39, 0.29) is 0 Å². The first-order chi connectivity index (χ1) is 8.90. The molecule has 1 amide bonds. The van der Waals surface area contributed by atoms with Gasteiger partial charge in [0.2, 0.25) is 5.91 Å². The fourth-order valence-corrected chi connectivity index (χ4v) is 2.43. The van der Waals surface area contributed by atoms with E-state index in [1.807, 2.05) is 4.90 Å². The van der Waals surface area contributed by atoms with Crippen LogP contribution < -0.4 is 10.6 Å². The van der Waals surface area contributed by atoms with E-state index in [0.29, 0.717) is 13.1 Å². The Balaban J connectivity index is 1.95. The molecule has 0 aromatic carbocycles. The van der Waals surface area contributed by atoms with E-state index in [0.717, 1.165) is 19.6 Å². The lowest BCUT2D eigenvalue weighted by molar-refractivity contribution is -0.175. The molecule has 0 bridgehead atoms. The predicted octanol–water partition coefficient (Wildman–Crippen LogP) is -0.0521. The molecule has 2 saturated heterocycles. The number of nitrogens with one attached hydrogen (secondary N) is 2. The van der Waals surface area contributed by atoms with E-state index in [2.05, 4.69) is 22.5 Å². The average molecular weight is 280 g/mol. The molecule has 2 atom stereocenters. The van der Waals surface area contributed by atoms with E-state index >= 15 is 0 Å². The number of carbonyl (C=O) groups is 1. The van der Waals surface area contributed by atoms with Gasteiger partial charge in [0.25, 0.3) is 0 Å². The molecule has 19 heavy (non-hydrogen) atoms. The Hall–Kier alpha value is -0.860. The zero-order valence-corrected chi connectivity index (χ0v) is 10.8. The summed E-state index contributed by atoms with van der Waals surface area (Å²) in [4.78, 5) is 15.5. The zero-order valence-electron chi connectivity index (χ0n) is 10.8. The fraction of sp³-hybridized carbons (Fsp3) is 0.909. The van der Waals surface area contributed by atoms with Crippen LogP contribution >= 0.6 is 0 Å². The van der Waals surface area contributed by atoms with Gasteiger partial charge in [-0.1, -0.05) is 6.92 Å². The SMILES string of the molecule is CCN1CCN(C2NC(=O)CC(C(F)(F)F)N2)CC1. The van der Waals surface area contributed by atoms with Gasteiger partial charge in [-0.25, -0.2) is 0 Å². The van der Waals surface area contributed by atoms with Gasteiger partial charge in [-0.2, -0.15) is 13.2 Å². The van der Waals surface area contributed by atoms with Gasteiger partial charge < -0.3 is 10.2 Å². The van der Waals surface area contributed by atoms with E-state index in [9.17, 15) is 18.0 Å². The molecule has 0 saturated carbocycles. The number of hydrogen-bond donors (Lipinski definition) is 2. The second kappa shape index (κ2) is 5.64. The third-order valence-electron chi connectivity index (χ3n) is 3.66. The van der Waals surface area contributed by atoms with Gasteiger partial charge in [0, 0.05) is 26.2 Å². The van der Waals surface area contributed by atoms with Crippen molar-refractivity contribution in [3.8, 4) is 0 Å². The van der Waals surface area contributed by atoms with Crippen molar-refractivity contribution in [3.63, 3.8) is 0 Å². The highest BCUT2D eigenvalue weighted by molar-refractivity contribution is 5.77. The highest BCUT2D eigenvalue weighted by Crippen LogP contribution is 2.25. The van der Waals surface area contributed by atoms with Crippen LogP contribution in [-0.2, 0) is 4.79 Å². The molecule has 2 fully saturated rings. The van der Waals surface area contributed by atoms with Gasteiger partial charge in [-0.3, -0.25) is 15.0 Å². The summed E-state index contributed by atoms with van der Waals surface area (Å²) in [5, 5.41) is 5.06. The maximum atomic E-state index is 12.7. The maximum absolute atomic E-state index is 12.7. The van der Waals surface area contributed by atoms with Crippen LogP contribution in [0.25, 0.3) is 0 Å². The summed E-state index contributed by atoms with van der Waals surface area (Å²) in [7, 11) is 0. The minimum absolute atomic E-state index is 0.547. The quantitative estimate of drug-likeness (QED) is 0.744. The Bertz CT molecular complexity index is 328. The largest absolute Gasteiger partial charge is 0.404 e. The van der Waals surface area contributed by atoms with E-state index in [4.69, 9.17) is 0 Å². The van der Waals surface area contributed by atoms with Crippen molar-refractivity contribution < 1.29 is 18.0 Å². The summed E-state index contributed by atoms with van der Waals surface area (Å²) in [6.45, 7) is 5.90. The first-order valence-corrected chi connectivity index (χ1v) is 6.48. The predicted molar refractivity (Wildman–Crippen MR) is 63.2 cm³/mol. The average Bonchev–Trinajstić information content (AvgIpc) is 2.37. The fourth-order valence-electron chi connectivity index (χ4n) is 2.43. The molecule has 0 aromatic rings. The Kier molecular flexibility index (Phi) is 4.32. The Morgan fingerprint density at radius 3 is 2.42 bits per heavy atom. The molecule has 0 radical (unpaired) electrons. The van der Waals surface area contributed by atoms with Crippen molar-refractivity contribution in [2.75, 3.05) is 32.7 Å².